The summed E-state index contributed by atoms with van der Waals surface area (Å²) in [4.78, 5) is 0. The standard InChI is InChI=1S/C21H18O10/c22-8-3-10(24)16(11(25)4-8)18-17-12(26)5-9(23)6-15(17)31-21(20(18)30)7-1-13(27)19(29)14(28)2-7/h1-6,18,20-30H/t18-,20?,21-/m1/s1. The molecule has 1 aliphatic heterocycles. The van der Waals surface area contributed by atoms with Crippen molar-refractivity contribution in [2.75, 3.05) is 0 Å². The molecule has 0 spiro atoms. The number of benzene rings is 3. The van der Waals surface area contributed by atoms with Gasteiger partial charge in [0.15, 0.2) is 23.4 Å². The Morgan fingerprint density at radius 3 is 1.61 bits per heavy atom. The zero-order chi connectivity index (χ0) is 22.6. The molecular weight excluding hydrogens is 412 g/mol. The maximum atomic E-state index is 11.1. The van der Waals surface area contributed by atoms with Crippen molar-refractivity contribution in [2.45, 2.75) is 18.1 Å². The SMILES string of the molecule is Oc1cc(O)c([C@@H]2c3c(O)cc(O)cc3O[C@H](c3cc(O)c(O)c(O)c3)C2O)c(O)c1. The molecule has 10 nitrogen and oxygen atoms in total. The number of rotatable bonds is 2. The van der Waals surface area contributed by atoms with Crippen LogP contribution in [0.1, 0.15) is 28.7 Å². The summed E-state index contributed by atoms with van der Waals surface area (Å²) in [7, 11) is 0. The van der Waals surface area contributed by atoms with Crippen molar-refractivity contribution in [1.82, 2.24) is 0 Å². The van der Waals surface area contributed by atoms with Gasteiger partial charge in [-0.15, -0.1) is 0 Å². The molecule has 0 radical (unpaired) electrons. The van der Waals surface area contributed by atoms with E-state index in [1.165, 1.54) is 0 Å². The van der Waals surface area contributed by atoms with E-state index < -0.39 is 58.4 Å². The topological polar surface area (TPSA) is 191 Å². The van der Waals surface area contributed by atoms with Crippen LogP contribution in [-0.2, 0) is 0 Å². The fourth-order valence-electron chi connectivity index (χ4n) is 3.86. The van der Waals surface area contributed by atoms with E-state index in [-0.39, 0.29) is 28.2 Å². The molecule has 3 aromatic carbocycles. The number of fused-ring (bicyclic) bond motifs is 1. The second-order valence-electron chi connectivity index (χ2n) is 7.19. The molecule has 0 aromatic heterocycles. The molecule has 0 fully saturated rings. The fourth-order valence-corrected chi connectivity index (χ4v) is 3.86. The zero-order valence-corrected chi connectivity index (χ0v) is 15.6. The highest BCUT2D eigenvalue weighted by atomic mass is 16.5. The minimum absolute atomic E-state index is 0.0107. The third kappa shape index (κ3) is 3.19. The normalized spacial score (nSPS) is 20.1. The van der Waals surface area contributed by atoms with Gasteiger partial charge < -0.3 is 50.7 Å². The molecule has 162 valence electrons. The van der Waals surface area contributed by atoms with Gasteiger partial charge in [0.05, 0.1) is 5.92 Å². The van der Waals surface area contributed by atoms with Crippen LogP contribution in [0.5, 0.6) is 51.7 Å². The highest BCUT2D eigenvalue weighted by Gasteiger charge is 2.44. The molecule has 4 rings (SSSR count). The lowest BCUT2D eigenvalue weighted by atomic mass is 9.79. The molecule has 0 bridgehead atoms. The lowest BCUT2D eigenvalue weighted by Gasteiger charge is -2.38. The predicted octanol–water partition coefficient (Wildman–Crippen LogP) is 1.96. The molecule has 1 aliphatic rings. The number of aliphatic hydroxyl groups is 1. The van der Waals surface area contributed by atoms with Crippen molar-refractivity contribution in [3.05, 3.63) is 53.1 Å². The molecule has 0 amide bonds. The van der Waals surface area contributed by atoms with E-state index in [0.29, 0.717) is 0 Å². The van der Waals surface area contributed by atoms with Crippen molar-refractivity contribution in [3.63, 3.8) is 0 Å². The molecule has 0 aliphatic carbocycles. The highest BCUT2D eigenvalue weighted by molar-refractivity contribution is 5.62. The summed E-state index contributed by atoms with van der Waals surface area (Å²) in [5.74, 6) is -6.10. The van der Waals surface area contributed by atoms with E-state index >= 15 is 0 Å². The summed E-state index contributed by atoms with van der Waals surface area (Å²) in [6.07, 6.45) is -2.96. The van der Waals surface area contributed by atoms with Crippen LogP contribution in [0.4, 0.5) is 0 Å². The Labute approximate surface area is 174 Å². The minimum atomic E-state index is -1.62. The van der Waals surface area contributed by atoms with Gasteiger partial charge in [-0.05, 0) is 12.1 Å². The first-order chi connectivity index (χ1) is 14.6. The third-order valence-corrected chi connectivity index (χ3v) is 5.17. The van der Waals surface area contributed by atoms with E-state index in [2.05, 4.69) is 0 Å². The molecule has 10 heteroatoms. The Hall–Kier alpha value is -4.18. The maximum absolute atomic E-state index is 11.1. The Morgan fingerprint density at radius 2 is 1.06 bits per heavy atom. The van der Waals surface area contributed by atoms with Gasteiger partial charge in [-0.25, -0.2) is 0 Å². The molecule has 1 heterocycles. The van der Waals surface area contributed by atoms with Crippen LogP contribution in [0, 0.1) is 0 Å². The van der Waals surface area contributed by atoms with Crippen LogP contribution < -0.4 is 4.74 Å². The predicted molar refractivity (Wildman–Crippen MR) is 104 cm³/mol. The number of phenolic OH excluding ortho intramolecular Hbond substituents is 8. The Kier molecular flexibility index (Phi) is 4.51. The minimum Gasteiger partial charge on any atom is -0.508 e. The first-order valence-electron chi connectivity index (χ1n) is 8.98. The van der Waals surface area contributed by atoms with Crippen molar-refractivity contribution in [2.24, 2.45) is 0 Å². The molecule has 1 unspecified atom stereocenters. The van der Waals surface area contributed by atoms with E-state index in [4.69, 9.17) is 4.74 Å². The van der Waals surface area contributed by atoms with Gasteiger partial charge in [-0.1, -0.05) is 0 Å². The Morgan fingerprint density at radius 1 is 0.581 bits per heavy atom. The van der Waals surface area contributed by atoms with E-state index in [1.54, 1.807) is 0 Å². The first-order valence-corrected chi connectivity index (χ1v) is 8.98. The van der Waals surface area contributed by atoms with E-state index in [0.717, 1.165) is 36.4 Å². The summed E-state index contributed by atoms with van der Waals surface area (Å²) in [5.41, 5.74) is -0.297. The maximum Gasteiger partial charge on any atom is 0.200 e. The number of hydrogen-bond donors (Lipinski definition) is 9. The molecule has 0 saturated heterocycles. The van der Waals surface area contributed by atoms with Gasteiger partial charge in [0.1, 0.15) is 40.6 Å². The molecule has 3 aromatic rings. The van der Waals surface area contributed by atoms with Crippen LogP contribution in [0.25, 0.3) is 0 Å². The summed E-state index contributed by atoms with van der Waals surface area (Å²) >= 11 is 0. The van der Waals surface area contributed by atoms with Gasteiger partial charge in [-0.3, -0.25) is 0 Å². The lowest BCUT2D eigenvalue weighted by molar-refractivity contribution is 0.00634. The average molecular weight is 430 g/mol. The number of hydrogen-bond acceptors (Lipinski definition) is 10. The summed E-state index contributed by atoms with van der Waals surface area (Å²) < 4.78 is 5.71. The fraction of sp³-hybridized carbons (Fsp3) is 0.143. The Balaban J connectivity index is 1.96. The van der Waals surface area contributed by atoms with E-state index in [9.17, 15) is 46.0 Å². The second kappa shape index (κ2) is 6.96. The average Bonchev–Trinajstić information content (AvgIpc) is 2.66. The van der Waals surface area contributed by atoms with Gasteiger partial charge in [-0.2, -0.15) is 0 Å². The lowest BCUT2D eigenvalue weighted by Crippen LogP contribution is -2.35. The van der Waals surface area contributed by atoms with Crippen molar-refractivity contribution >= 4 is 0 Å². The van der Waals surface area contributed by atoms with Crippen LogP contribution >= 0.6 is 0 Å². The highest BCUT2D eigenvalue weighted by Crippen LogP contribution is 2.54. The summed E-state index contributed by atoms with van der Waals surface area (Å²) in [5, 5.41) is 91.1. The molecule has 9 N–H and O–H groups in total. The monoisotopic (exact) mass is 430 g/mol. The van der Waals surface area contributed by atoms with Crippen LogP contribution in [0.2, 0.25) is 0 Å². The van der Waals surface area contributed by atoms with E-state index in [1.807, 2.05) is 0 Å². The van der Waals surface area contributed by atoms with Crippen molar-refractivity contribution < 1.29 is 50.7 Å². The zero-order valence-electron chi connectivity index (χ0n) is 15.6. The molecule has 31 heavy (non-hydrogen) atoms. The summed E-state index contributed by atoms with van der Waals surface area (Å²) in [6.45, 7) is 0. The van der Waals surface area contributed by atoms with Crippen LogP contribution in [0.3, 0.4) is 0 Å². The number of phenols is 8. The molecule has 0 saturated carbocycles. The van der Waals surface area contributed by atoms with Crippen molar-refractivity contribution in [1.29, 1.82) is 0 Å². The third-order valence-electron chi connectivity index (χ3n) is 5.17. The quantitative estimate of drug-likeness (QED) is 0.272. The smallest absolute Gasteiger partial charge is 0.200 e. The second-order valence-corrected chi connectivity index (χ2v) is 7.19. The first kappa shape index (κ1) is 20.1. The van der Waals surface area contributed by atoms with Crippen LogP contribution in [-0.4, -0.2) is 52.1 Å². The Bertz CT molecular complexity index is 1140. The number of ether oxygens (including phenoxy) is 1. The van der Waals surface area contributed by atoms with Gasteiger partial charge >= 0.3 is 0 Å². The molecular formula is C21H18O10. The largest absolute Gasteiger partial charge is 0.508 e. The van der Waals surface area contributed by atoms with Gasteiger partial charge in [0, 0.05) is 41.0 Å². The van der Waals surface area contributed by atoms with Crippen molar-refractivity contribution in [3.8, 4) is 51.7 Å². The number of aromatic hydroxyl groups is 8. The summed E-state index contributed by atoms with van der Waals surface area (Å²) in [6, 6.07) is 6.04. The molecule has 3 atom stereocenters. The van der Waals surface area contributed by atoms with Crippen LogP contribution in [0.15, 0.2) is 36.4 Å². The number of aliphatic hydroxyl groups excluding tert-OH is 1. The van der Waals surface area contributed by atoms with Gasteiger partial charge in [0.2, 0.25) is 0 Å². The van der Waals surface area contributed by atoms with Gasteiger partial charge in [0.25, 0.3) is 0 Å².